The van der Waals surface area contributed by atoms with Crippen molar-refractivity contribution in [3.05, 3.63) is 76.1 Å². The number of amides is 2. The van der Waals surface area contributed by atoms with Gasteiger partial charge in [-0.15, -0.1) is 0 Å². The van der Waals surface area contributed by atoms with Crippen molar-refractivity contribution in [2.24, 2.45) is 5.10 Å². The molecule has 1 N–H and O–H groups in total. The second-order valence-corrected chi connectivity index (χ2v) is 8.45. The summed E-state index contributed by atoms with van der Waals surface area (Å²) in [4.78, 5) is 27.8. The zero-order valence-electron chi connectivity index (χ0n) is 18.4. The minimum atomic E-state index is -0.323. The number of carbonyl (C=O) groups is 2. The van der Waals surface area contributed by atoms with E-state index in [-0.39, 0.29) is 17.9 Å². The van der Waals surface area contributed by atoms with E-state index < -0.39 is 0 Å². The second kappa shape index (κ2) is 7.82. The van der Waals surface area contributed by atoms with Gasteiger partial charge in [0.15, 0.2) is 5.76 Å². The standard InChI is InChI=1S/C25H25N3O4/c1-14-13-17-7-4-5-9-20(17)28(14)25(30)23-15(2)22-19(8-6-10-21(22)32-23)26-27-24(29)18-11-12-31-16(18)3/h4-5,7,9,11-12,14H,6,8,10,13H2,1-3H3,(H,27,29)/b26-19+. The van der Waals surface area contributed by atoms with Gasteiger partial charge in [-0.05, 0) is 57.7 Å². The fourth-order valence-corrected chi connectivity index (χ4v) is 4.77. The van der Waals surface area contributed by atoms with Gasteiger partial charge in [0, 0.05) is 29.3 Å². The van der Waals surface area contributed by atoms with Crippen molar-refractivity contribution in [1.29, 1.82) is 0 Å². The molecule has 0 radical (unpaired) electrons. The van der Waals surface area contributed by atoms with Gasteiger partial charge in [-0.2, -0.15) is 5.10 Å². The summed E-state index contributed by atoms with van der Waals surface area (Å²) in [5, 5.41) is 4.39. The Hall–Kier alpha value is -3.61. The third-order valence-electron chi connectivity index (χ3n) is 6.34. The lowest BCUT2D eigenvalue weighted by molar-refractivity contribution is 0.0945. The van der Waals surface area contributed by atoms with E-state index in [1.54, 1.807) is 13.0 Å². The number of aryl methyl sites for hydroxylation is 2. The molecule has 0 bridgehead atoms. The van der Waals surface area contributed by atoms with Gasteiger partial charge in [0.05, 0.1) is 17.5 Å². The van der Waals surface area contributed by atoms with E-state index >= 15 is 0 Å². The molecule has 2 aliphatic rings. The minimum absolute atomic E-state index is 0.0621. The summed E-state index contributed by atoms with van der Waals surface area (Å²) in [6.07, 6.45) is 4.59. The lowest BCUT2D eigenvalue weighted by Crippen LogP contribution is -2.35. The maximum absolute atomic E-state index is 13.5. The number of fused-ring (bicyclic) bond motifs is 2. The molecule has 1 aliphatic heterocycles. The molecule has 5 rings (SSSR count). The van der Waals surface area contributed by atoms with Crippen LogP contribution in [0.3, 0.4) is 0 Å². The van der Waals surface area contributed by atoms with Gasteiger partial charge >= 0.3 is 0 Å². The summed E-state index contributed by atoms with van der Waals surface area (Å²) in [7, 11) is 0. The summed E-state index contributed by atoms with van der Waals surface area (Å²) >= 11 is 0. The van der Waals surface area contributed by atoms with Gasteiger partial charge in [-0.25, -0.2) is 5.43 Å². The first-order valence-electron chi connectivity index (χ1n) is 10.9. The molecule has 0 saturated carbocycles. The molecule has 1 unspecified atom stereocenters. The first-order valence-corrected chi connectivity index (χ1v) is 10.9. The molecular weight excluding hydrogens is 406 g/mol. The van der Waals surface area contributed by atoms with Gasteiger partial charge < -0.3 is 13.7 Å². The van der Waals surface area contributed by atoms with Crippen LogP contribution < -0.4 is 10.3 Å². The number of rotatable bonds is 3. The van der Waals surface area contributed by atoms with Gasteiger partial charge in [0.2, 0.25) is 0 Å². The summed E-state index contributed by atoms with van der Waals surface area (Å²) in [6.45, 7) is 5.68. The summed E-state index contributed by atoms with van der Waals surface area (Å²) in [5.74, 6) is 1.19. The van der Waals surface area contributed by atoms with Crippen LogP contribution >= 0.6 is 0 Å². The van der Waals surface area contributed by atoms with E-state index in [0.717, 1.165) is 47.5 Å². The zero-order chi connectivity index (χ0) is 22.4. The molecule has 1 atom stereocenters. The zero-order valence-corrected chi connectivity index (χ0v) is 18.4. The normalized spacial score (nSPS) is 18.5. The van der Waals surface area contributed by atoms with Crippen molar-refractivity contribution in [3.63, 3.8) is 0 Å². The molecule has 3 heterocycles. The Balaban J connectivity index is 1.46. The molecule has 7 heteroatoms. The van der Waals surface area contributed by atoms with Crippen LogP contribution in [0.1, 0.15) is 68.9 Å². The first-order chi connectivity index (χ1) is 15.5. The number of carbonyl (C=O) groups excluding carboxylic acids is 2. The number of anilines is 1. The molecule has 164 valence electrons. The monoisotopic (exact) mass is 431 g/mol. The lowest BCUT2D eigenvalue weighted by Gasteiger charge is -2.21. The molecule has 2 amide bonds. The lowest BCUT2D eigenvalue weighted by atomic mass is 9.93. The van der Waals surface area contributed by atoms with E-state index in [4.69, 9.17) is 8.83 Å². The SMILES string of the molecule is Cc1occc1C(=O)N/N=C1\CCCc2oc(C(=O)N3c4ccccc4CC3C)c(C)c21. The Labute approximate surface area is 186 Å². The summed E-state index contributed by atoms with van der Waals surface area (Å²) in [6, 6.07) is 9.67. The molecule has 0 fully saturated rings. The van der Waals surface area contributed by atoms with Crippen LogP contribution in [0.4, 0.5) is 5.69 Å². The van der Waals surface area contributed by atoms with E-state index in [9.17, 15) is 9.59 Å². The van der Waals surface area contributed by atoms with Crippen LogP contribution in [0, 0.1) is 13.8 Å². The number of hydrogen-bond donors (Lipinski definition) is 1. The van der Waals surface area contributed by atoms with Gasteiger partial charge in [0.25, 0.3) is 11.8 Å². The highest BCUT2D eigenvalue weighted by Gasteiger charge is 2.36. The molecule has 7 nitrogen and oxygen atoms in total. The average molecular weight is 431 g/mol. The van der Waals surface area contributed by atoms with E-state index in [1.165, 1.54) is 11.8 Å². The highest BCUT2D eigenvalue weighted by atomic mass is 16.4. The third-order valence-corrected chi connectivity index (χ3v) is 6.34. The largest absolute Gasteiger partial charge is 0.469 e. The van der Waals surface area contributed by atoms with Crippen molar-refractivity contribution in [3.8, 4) is 0 Å². The van der Waals surface area contributed by atoms with Crippen LogP contribution in [-0.2, 0) is 12.8 Å². The number of hydrazone groups is 1. The fourth-order valence-electron chi connectivity index (χ4n) is 4.77. The Kier molecular flexibility index (Phi) is 4.96. The molecule has 1 aromatic carbocycles. The molecule has 0 spiro atoms. The number of nitrogens with one attached hydrogen (secondary N) is 1. The Morgan fingerprint density at radius 2 is 1.97 bits per heavy atom. The predicted octanol–water partition coefficient (Wildman–Crippen LogP) is 4.55. The van der Waals surface area contributed by atoms with Crippen molar-refractivity contribution >= 4 is 23.2 Å². The highest BCUT2D eigenvalue weighted by Crippen LogP contribution is 2.36. The number of nitrogens with zero attached hydrogens (tertiary/aromatic N) is 2. The Morgan fingerprint density at radius 1 is 1.16 bits per heavy atom. The highest BCUT2D eigenvalue weighted by molar-refractivity contribution is 6.11. The number of para-hydroxylation sites is 1. The van der Waals surface area contributed by atoms with Gasteiger partial charge in [0.1, 0.15) is 11.5 Å². The Bertz CT molecular complexity index is 1250. The molecular formula is C25H25N3O4. The van der Waals surface area contributed by atoms with Crippen molar-refractivity contribution in [2.75, 3.05) is 4.90 Å². The van der Waals surface area contributed by atoms with Crippen LogP contribution in [0.25, 0.3) is 0 Å². The predicted molar refractivity (Wildman–Crippen MR) is 120 cm³/mol. The smallest absolute Gasteiger partial charge is 0.294 e. The van der Waals surface area contributed by atoms with Gasteiger partial charge in [-0.3, -0.25) is 9.59 Å². The van der Waals surface area contributed by atoms with Crippen LogP contribution in [0.2, 0.25) is 0 Å². The van der Waals surface area contributed by atoms with E-state index in [2.05, 4.69) is 23.5 Å². The number of hydrogen-bond acceptors (Lipinski definition) is 5. The van der Waals surface area contributed by atoms with Crippen LogP contribution in [-0.4, -0.2) is 23.6 Å². The maximum atomic E-state index is 13.5. The van der Waals surface area contributed by atoms with E-state index in [0.29, 0.717) is 23.5 Å². The molecule has 2 aromatic heterocycles. The fraction of sp³-hybridized carbons (Fsp3) is 0.320. The Morgan fingerprint density at radius 3 is 2.75 bits per heavy atom. The third kappa shape index (κ3) is 3.25. The minimum Gasteiger partial charge on any atom is -0.469 e. The van der Waals surface area contributed by atoms with Crippen LogP contribution in [0.5, 0.6) is 0 Å². The topological polar surface area (TPSA) is 88.0 Å². The second-order valence-electron chi connectivity index (χ2n) is 8.45. The van der Waals surface area contributed by atoms with E-state index in [1.807, 2.05) is 30.0 Å². The average Bonchev–Trinajstić information content (AvgIpc) is 3.46. The summed E-state index contributed by atoms with van der Waals surface area (Å²) in [5.41, 5.74) is 7.53. The van der Waals surface area contributed by atoms with Crippen LogP contribution in [0.15, 0.2) is 50.5 Å². The van der Waals surface area contributed by atoms with Crippen molar-refractivity contribution in [2.45, 2.75) is 52.5 Å². The quantitative estimate of drug-likeness (QED) is 0.616. The number of benzene rings is 1. The van der Waals surface area contributed by atoms with Gasteiger partial charge in [-0.1, -0.05) is 18.2 Å². The molecule has 1 aliphatic carbocycles. The first kappa shape index (κ1) is 20.3. The van der Waals surface area contributed by atoms with Crippen molar-refractivity contribution < 1.29 is 18.4 Å². The van der Waals surface area contributed by atoms with Crippen molar-refractivity contribution in [1.82, 2.24) is 5.43 Å². The molecule has 32 heavy (non-hydrogen) atoms. The summed E-state index contributed by atoms with van der Waals surface area (Å²) < 4.78 is 11.3. The molecule has 3 aromatic rings. The maximum Gasteiger partial charge on any atom is 0.294 e. The molecule has 0 saturated heterocycles. The number of furan rings is 2.